The fourth-order valence-corrected chi connectivity index (χ4v) is 3.39. The van der Waals surface area contributed by atoms with E-state index in [1.54, 1.807) is 18.2 Å². The van der Waals surface area contributed by atoms with Gasteiger partial charge in [0, 0.05) is 22.9 Å². The summed E-state index contributed by atoms with van der Waals surface area (Å²) in [5.74, 6) is 0.645. The highest BCUT2D eigenvalue weighted by molar-refractivity contribution is 7.11. The van der Waals surface area contributed by atoms with Gasteiger partial charge in [0.1, 0.15) is 22.4 Å². The number of fused-ring (bicyclic) bond motifs is 1. The Bertz CT molecular complexity index is 1180. The second-order valence-electron chi connectivity index (χ2n) is 5.70. The molecule has 2 aromatic carbocycles. The monoisotopic (exact) mass is 373 g/mol. The van der Waals surface area contributed by atoms with Crippen LogP contribution in [0, 0.1) is 21.4 Å². The maximum atomic E-state index is 10.7. The van der Waals surface area contributed by atoms with Crippen LogP contribution < -0.4 is 0 Å². The fourth-order valence-electron chi connectivity index (χ4n) is 2.62. The van der Waals surface area contributed by atoms with Gasteiger partial charge in [0.2, 0.25) is 0 Å². The van der Waals surface area contributed by atoms with Crippen molar-refractivity contribution in [1.82, 2.24) is 4.98 Å². The van der Waals surface area contributed by atoms with Crippen LogP contribution in [0.25, 0.3) is 34.1 Å². The van der Waals surface area contributed by atoms with Gasteiger partial charge in [-0.15, -0.1) is 11.3 Å². The first-order valence-corrected chi connectivity index (χ1v) is 8.83. The number of non-ortho nitro benzene ring substituents is 1. The molecule has 0 amide bonds. The van der Waals surface area contributed by atoms with Crippen LogP contribution >= 0.6 is 11.3 Å². The molecule has 0 bridgehead atoms. The lowest BCUT2D eigenvalue weighted by atomic mass is 10.1. The lowest BCUT2D eigenvalue weighted by molar-refractivity contribution is -0.384. The minimum atomic E-state index is -0.459. The number of rotatable bonds is 4. The number of hydrogen-bond acceptors (Lipinski definition) is 6. The summed E-state index contributed by atoms with van der Waals surface area (Å²) in [7, 11) is 0. The van der Waals surface area contributed by atoms with Gasteiger partial charge in [-0.05, 0) is 35.9 Å². The second-order valence-corrected chi connectivity index (χ2v) is 6.56. The number of nitrogens with zero attached hydrogens (tertiary/aromatic N) is 3. The van der Waals surface area contributed by atoms with Crippen molar-refractivity contribution >= 4 is 39.6 Å². The van der Waals surface area contributed by atoms with Crippen LogP contribution in [0.1, 0.15) is 10.6 Å². The van der Waals surface area contributed by atoms with E-state index >= 15 is 0 Å². The molecule has 0 N–H and O–H groups in total. The minimum Gasteiger partial charge on any atom is -0.454 e. The van der Waals surface area contributed by atoms with Gasteiger partial charge in [0.25, 0.3) is 5.69 Å². The molecule has 0 saturated heterocycles. The summed E-state index contributed by atoms with van der Waals surface area (Å²) < 4.78 is 5.81. The molecule has 27 heavy (non-hydrogen) atoms. The summed E-state index contributed by atoms with van der Waals surface area (Å²) in [5.41, 5.74) is 2.53. The maximum absolute atomic E-state index is 10.7. The van der Waals surface area contributed by atoms with E-state index in [0.29, 0.717) is 27.6 Å². The summed E-state index contributed by atoms with van der Waals surface area (Å²) in [5, 5.41) is 23.6. The molecule has 0 radical (unpaired) electrons. The molecule has 0 fully saturated rings. The lowest BCUT2D eigenvalue weighted by Gasteiger charge is -1.96. The average Bonchev–Trinajstić information content (AvgIpc) is 3.33. The normalized spacial score (nSPS) is 11.4. The zero-order valence-electron chi connectivity index (χ0n) is 13.8. The first-order valence-electron chi connectivity index (χ1n) is 7.95. The molecular formula is C20H11N3O3S. The summed E-state index contributed by atoms with van der Waals surface area (Å²) in [6, 6.07) is 17.8. The molecule has 130 valence electrons. The molecule has 0 spiro atoms. The minimum absolute atomic E-state index is 0.00655. The zero-order chi connectivity index (χ0) is 18.8. The Morgan fingerprint density at radius 1 is 1.22 bits per heavy atom. The average molecular weight is 373 g/mol. The summed E-state index contributed by atoms with van der Waals surface area (Å²) >= 11 is 1.34. The van der Waals surface area contributed by atoms with Crippen LogP contribution in [0.15, 0.2) is 64.4 Å². The SMILES string of the molecule is N#CC(=Cc1ccc([N+](=O)[O-])cc1)c1nc(-c2cc3ccccc3o2)cs1. The molecular weight excluding hydrogens is 362 g/mol. The molecule has 0 unspecified atom stereocenters. The van der Waals surface area contributed by atoms with Gasteiger partial charge in [-0.25, -0.2) is 4.98 Å². The molecule has 0 atom stereocenters. The molecule has 7 heteroatoms. The van der Waals surface area contributed by atoms with Crippen LogP contribution in [0.5, 0.6) is 0 Å². The Hall–Kier alpha value is -3.76. The van der Waals surface area contributed by atoms with Crippen molar-refractivity contribution in [3.8, 4) is 17.5 Å². The Kier molecular flexibility index (Phi) is 4.24. The molecule has 0 aliphatic rings. The van der Waals surface area contributed by atoms with Crippen molar-refractivity contribution in [1.29, 1.82) is 5.26 Å². The van der Waals surface area contributed by atoms with E-state index in [-0.39, 0.29) is 5.69 Å². The number of furan rings is 1. The van der Waals surface area contributed by atoms with Crippen LogP contribution in [-0.4, -0.2) is 9.91 Å². The van der Waals surface area contributed by atoms with Gasteiger partial charge in [-0.1, -0.05) is 18.2 Å². The number of hydrogen-bond donors (Lipinski definition) is 0. The third kappa shape index (κ3) is 3.34. The summed E-state index contributed by atoms with van der Waals surface area (Å²) in [6.07, 6.45) is 1.66. The number of allylic oxidation sites excluding steroid dienone is 1. The number of nitro benzene ring substituents is 1. The van der Waals surface area contributed by atoms with Crippen molar-refractivity contribution in [2.24, 2.45) is 0 Å². The van der Waals surface area contributed by atoms with E-state index in [9.17, 15) is 15.4 Å². The number of nitriles is 1. The van der Waals surface area contributed by atoms with E-state index in [4.69, 9.17) is 4.42 Å². The van der Waals surface area contributed by atoms with Crippen molar-refractivity contribution in [2.45, 2.75) is 0 Å². The third-order valence-electron chi connectivity index (χ3n) is 3.95. The van der Waals surface area contributed by atoms with Crippen molar-refractivity contribution in [3.05, 3.63) is 80.7 Å². The molecule has 2 aromatic heterocycles. The topological polar surface area (TPSA) is 93.0 Å². The van der Waals surface area contributed by atoms with Gasteiger partial charge in [-0.3, -0.25) is 10.1 Å². The molecule has 0 aliphatic heterocycles. The Labute approximate surface area is 157 Å². The van der Waals surface area contributed by atoms with Gasteiger partial charge in [-0.2, -0.15) is 5.26 Å². The van der Waals surface area contributed by atoms with E-state index in [1.165, 1.54) is 23.5 Å². The summed E-state index contributed by atoms with van der Waals surface area (Å²) in [6.45, 7) is 0. The maximum Gasteiger partial charge on any atom is 0.269 e. The van der Waals surface area contributed by atoms with Crippen LogP contribution in [0.4, 0.5) is 5.69 Å². The molecule has 4 aromatic rings. The standard InChI is InChI=1S/C20H11N3O3S/c21-11-15(9-13-5-7-16(8-6-13)23(24)25)20-22-17(12-27-20)19-10-14-3-1-2-4-18(14)26-19/h1-10,12H. The fraction of sp³-hybridized carbons (Fsp3) is 0. The van der Waals surface area contributed by atoms with Crippen LogP contribution in [-0.2, 0) is 0 Å². The van der Waals surface area contributed by atoms with Gasteiger partial charge < -0.3 is 4.42 Å². The largest absolute Gasteiger partial charge is 0.454 e. The first kappa shape index (κ1) is 16.7. The highest BCUT2D eigenvalue weighted by Gasteiger charge is 2.13. The molecule has 4 rings (SSSR count). The Balaban J connectivity index is 1.65. The van der Waals surface area contributed by atoms with Gasteiger partial charge in [0.05, 0.1) is 10.5 Å². The first-order chi connectivity index (χ1) is 13.1. The quantitative estimate of drug-likeness (QED) is 0.266. The summed E-state index contributed by atoms with van der Waals surface area (Å²) in [4.78, 5) is 14.8. The highest BCUT2D eigenvalue weighted by Crippen LogP contribution is 2.31. The molecule has 6 nitrogen and oxygen atoms in total. The van der Waals surface area contributed by atoms with Gasteiger partial charge in [0.15, 0.2) is 5.76 Å². The predicted molar refractivity (Wildman–Crippen MR) is 104 cm³/mol. The number of nitro groups is 1. The van der Waals surface area contributed by atoms with E-state index < -0.39 is 4.92 Å². The smallest absolute Gasteiger partial charge is 0.269 e. The van der Waals surface area contributed by atoms with Crippen molar-refractivity contribution in [3.63, 3.8) is 0 Å². The molecule has 0 aliphatic carbocycles. The predicted octanol–water partition coefficient (Wildman–Crippen LogP) is 5.53. The van der Waals surface area contributed by atoms with Crippen LogP contribution in [0.3, 0.4) is 0 Å². The van der Waals surface area contributed by atoms with E-state index in [2.05, 4.69) is 11.1 Å². The number of aromatic nitrogens is 1. The van der Waals surface area contributed by atoms with Crippen molar-refractivity contribution < 1.29 is 9.34 Å². The lowest BCUT2D eigenvalue weighted by Crippen LogP contribution is -1.87. The van der Waals surface area contributed by atoms with Gasteiger partial charge >= 0.3 is 0 Å². The zero-order valence-corrected chi connectivity index (χ0v) is 14.6. The van der Waals surface area contributed by atoms with Crippen LogP contribution in [0.2, 0.25) is 0 Å². The van der Waals surface area contributed by atoms with E-state index in [0.717, 1.165) is 11.0 Å². The number of benzene rings is 2. The number of para-hydroxylation sites is 1. The second kappa shape index (κ2) is 6.86. The third-order valence-corrected chi connectivity index (χ3v) is 4.82. The highest BCUT2D eigenvalue weighted by atomic mass is 32.1. The molecule has 2 heterocycles. The molecule has 0 saturated carbocycles. The Morgan fingerprint density at radius 3 is 2.70 bits per heavy atom. The van der Waals surface area contributed by atoms with Crippen molar-refractivity contribution in [2.75, 3.05) is 0 Å². The number of thiazole rings is 1. The Morgan fingerprint density at radius 2 is 2.00 bits per heavy atom. The van der Waals surface area contributed by atoms with E-state index in [1.807, 2.05) is 35.7 Å².